The van der Waals surface area contributed by atoms with Crippen LogP contribution in [0.4, 0.5) is 0 Å². The van der Waals surface area contributed by atoms with E-state index >= 15 is 0 Å². The maximum Gasteiger partial charge on any atom is 0.268 e. The van der Waals surface area contributed by atoms with Gasteiger partial charge in [-0.15, -0.1) is 0 Å². The highest BCUT2D eigenvalue weighted by Gasteiger charge is 2.15. The first-order valence-corrected chi connectivity index (χ1v) is 6.09. The topological polar surface area (TPSA) is 71.3 Å². The van der Waals surface area contributed by atoms with E-state index in [1.54, 1.807) is 19.2 Å². The first kappa shape index (κ1) is 14.4. The Bertz CT molecular complexity index is 468. The number of rotatable bonds is 5. The maximum absolute atomic E-state index is 11.9. The predicted octanol–water partition coefficient (Wildman–Crippen LogP) is 0.522. The number of pyridine rings is 1. The van der Waals surface area contributed by atoms with Crippen LogP contribution in [0.5, 0.6) is 0 Å². The molecule has 100 valence electrons. The number of aliphatic hydroxyl groups excluding tert-OH is 1. The summed E-state index contributed by atoms with van der Waals surface area (Å²) in [5.74, 6) is -0.220. The highest BCUT2D eigenvalue weighted by Crippen LogP contribution is 2.06. The van der Waals surface area contributed by atoms with Gasteiger partial charge in [-0.3, -0.25) is 9.59 Å². The largest absolute Gasteiger partial charge is 0.391 e. The van der Waals surface area contributed by atoms with E-state index in [2.05, 4.69) is 5.32 Å². The summed E-state index contributed by atoms with van der Waals surface area (Å²) in [5, 5.41) is 12.4. The van der Waals surface area contributed by atoms with E-state index in [-0.39, 0.29) is 23.9 Å². The molecule has 0 fully saturated rings. The minimum atomic E-state index is -0.570. The van der Waals surface area contributed by atoms with Crippen molar-refractivity contribution in [2.24, 2.45) is 13.0 Å². The van der Waals surface area contributed by atoms with Crippen LogP contribution in [0.3, 0.4) is 0 Å². The molecule has 2 unspecified atom stereocenters. The summed E-state index contributed by atoms with van der Waals surface area (Å²) < 4.78 is 1.28. The third-order valence-corrected chi connectivity index (χ3v) is 3.19. The van der Waals surface area contributed by atoms with Gasteiger partial charge in [-0.05, 0) is 12.0 Å². The third kappa shape index (κ3) is 3.43. The molecular weight excluding hydrogens is 232 g/mol. The van der Waals surface area contributed by atoms with E-state index in [9.17, 15) is 14.7 Å². The van der Waals surface area contributed by atoms with Crippen LogP contribution in [0.2, 0.25) is 0 Å². The van der Waals surface area contributed by atoms with E-state index in [0.29, 0.717) is 5.69 Å². The van der Waals surface area contributed by atoms with Gasteiger partial charge in [0.1, 0.15) is 5.69 Å². The lowest BCUT2D eigenvalue weighted by Gasteiger charge is -2.18. The van der Waals surface area contributed by atoms with Crippen molar-refractivity contribution >= 4 is 5.91 Å². The Balaban J connectivity index is 2.67. The van der Waals surface area contributed by atoms with Crippen LogP contribution < -0.4 is 10.9 Å². The molecule has 1 rings (SSSR count). The zero-order valence-corrected chi connectivity index (χ0v) is 11.0. The van der Waals surface area contributed by atoms with Crippen LogP contribution in [-0.2, 0) is 7.05 Å². The molecule has 5 nitrogen and oxygen atoms in total. The molecule has 0 radical (unpaired) electrons. The highest BCUT2D eigenvalue weighted by atomic mass is 16.3. The van der Waals surface area contributed by atoms with Crippen molar-refractivity contribution in [3.05, 3.63) is 34.2 Å². The molecule has 5 heteroatoms. The second-order valence-corrected chi connectivity index (χ2v) is 4.47. The summed E-state index contributed by atoms with van der Waals surface area (Å²) in [4.78, 5) is 23.2. The van der Waals surface area contributed by atoms with Crippen LogP contribution in [-0.4, -0.2) is 28.2 Å². The number of aromatic nitrogens is 1. The Hall–Kier alpha value is -1.62. The molecule has 0 aromatic carbocycles. The minimum absolute atomic E-state index is 0.130. The van der Waals surface area contributed by atoms with Gasteiger partial charge < -0.3 is 15.0 Å². The van der Waals surface area contributed by atoms with E-state index < -0.39 is 6.10 Å². The van der Waals surface area contributed by atoms with Gasteiger partial charge in [0.2, 0.25) is 0 Å². The van der Waals surface area contributed by atoms with Crippen molar-refractivity contribution in [2.75, 3.05) is 6.54 Å². The monoisotopic (exact) mass is 252 g/mol. The number of aliphatic hydroxyl groups is 1. The number of carbonyl (C=O) groups is 1. The Kier molecular flexibility index (Phi) is 5.09. The molecule has 18 heavy (non-hydrogen) atoms. The fraction of sp³-hybridized carbons (Fsp3) is 0.538. The van der Waals surface area contributed by atoms with Crippen molar-refractivity contribution < 1.29 is 9.90 Å². The molecule has 2 atom stereocenters. The van der Waals surface area contributed by atoms with Gasteiger partial charge >= 0.3 is 0 Å². The summed E-state index contributed by atoms with van der Waals surface area (Å²) in [5.41, 5.74) is 0.0592. The summed E-state index contributed by atoms with van der Waals surface area (Å²) in [6, 6.07) is 4.51. The van der Waals surface area contributed by atoms with E-state index in [4.69, 9.17) is 0 Å². The van der Waals surface area contributed by atoms with Gasteiger partial charge in [-0.1, -0.05) is 26.3 Å². The maximum atomic E-state index is 11.9. The highest BCUT2D eigenvalue weighted by molar-refractivity contribution is 5.92. The van der Waals surface area contributed by atoms with Gasteiger partial charge in [-0.25, -0.2) is 0 Å². The average molecular weight is 252 g/mol. The van der Waals surface area contributed by atoms with Gasteiger partial charge in [0.05, 0.1) is 6.10 Å². The molecule has 2 N–H and O–H groups in total. The van der Waals surface area contributed by atoms with E-state index in [0.717, 1.165) is 6.42 Å². The fourth-order valence-corrected chi connectivity index (χ4v) is 1.55. The lowest BCUT2D eigenvalue weighted by Crippen LogP contribution is -2.37. The number of hydrogen-bond donors (Lipinski definition) is 2. The van der Waals surface area contributed by atoms with E-state index in [1.165, 1.54) is 10.6 Å². The quantitative estimate of drug-likeness (QED) is 0.802. The minimum Gasteiger partial charge on any atom is -0.391 e. The normalized spacial score (nSPS) is 14.0. The second-order valence-electron chi connectivity index (χ2n) is 4.47. The molecule has 1 heterocycles. The molecule has 0 aliphatic heterocycles. The third-order valence-electron chi connectivity index (χ3n) is 3.19. The van der Waals surface area contributed by atoms with Crippen LogP contribution in [0, 0.1) is 5.92 Å². The molecule has 0 spiro atoms. The zero-order chi connectivity index (χ0) is 13.7. The SMILES string of the molecule is CCC(C)C(O)CNC(=O)c1cccc(=O)n1C. The number of amides is 1. The van der Waals surface area contributed by atoms with Crippen molar-refractivity contribution in [3.8, 4) is 0 Å². The van der Waals surface area contributed by atoms with Gasteiger partial charge in [0, 0.05) is 19.7 Å². The number of carbonyl (C=O) groups excluding carboxylic acids is 1. The summed E-state index contributed by atoms with van der Waals surface area (Å²) >= 11 is 0. The zero-order valence-electron chi connectivity index (χ0n) is 11.0. The number of nitrogens with one attached hydrogen (secondary N) is 1. The first-order chi connectivity index (χ1) is 8.47. The lowest BCUT2D eigenvalue weighted by atomic mass is 10.0. The van der Waals surface area contributed by atoms with Crippen LogP contribution >= 0.6 is 0 Å². The number of nitrogens with zero attached hydrogens (tertiary/aromatic N) is 1. The molecule has 0 aliphatic rings. The van der Waals surface area contributed by atoms with Crippen molar-refractivity contribution in [1.82, 2.24) is 9.88 Å². The molecular formula is C13H20N2O3. The Morgan fingerprint density at radius 2 is 2.17 bits per heavy atom. The van der Waals surface area contributed by atoms with E-state index in [1.807, 2.05) is 13.8 Å². The molecule has 0 bridgehead atoms. The fourth-order valence-electron chi connectivity index (χ4n) is 1.55. The standard InChI is InChI=1S/C13H20N2O3/c1-4-9(2)11(16)8-14-13(18)10-6-5-7-12(17)15(10)3/h5-7,9,11,16H,4,8H2,1-3H3,(H,14,18). The Morgan fingerprint density at radius 3 is 2.78 bits per heavy atom. The smallest absolute Gasteiger partial charge is 0.268 e. The molecule has 0 saturated carbocycles. The second kappa shape index (κ2) is 6.35. The van der Waals surface area contributed by atoms with Crippen molar-refractivity contribution in [2.45, 2.75) is 26.4 Å². The summed E-state index contributed by atoms with van der Waals surface area (Å²) in [6.07, 6.45) is 0.278. The van der Waals surface area contributed by atoms with Gasteiger partial charge in [-0.2, -0.15) is 0 Å². The van der Waals surface area contributed by atoms with Gasteiger partial charge in [0.15, 0.2) is 0 Å². The molecule has 0 aliphatic carbocycles. The average Bonchev–Trinajstić information content (AvgIpc) is 2.37. The van der Waals surface area contributed by atoms with Crippen LogP contribution in [0.1, 0.15) is 30.8 Å². The molecule has 1 aromatic rings. The van der Waals surface area contributed by atoms with Crippen LogP contribution in [0.15, 0.2) is 23.0 Å². The van der Waals surface area contributed by atoms with Crippen molar-refractivity contribution in [1.29, 1.82) is 0 Å². The molecule has 0 saturated heterocycles. The molecule has 1 amide bonds. The van der Waals surface area contributed by atoms with Crippen molar-refractivity contribution in [3.63, 3.8) is 0 Å². The Morgan fingerprint density at radius 1 is 1.50 bits per heavy atom. The van der Waals surface area contributed by atoms with Crippen LogP contribution in [0.25, 0.3) is 0 Å². The summed E-state index contributed by atoms with van der Waals surface area (Å²) in [6.45, 7) is 4.10. The first-order valence-electron chi connectivity index (χ1n) is 6.09. The molecule has 1 aromatic heterocycles. The lowest BCUT2D eigenvalue weighted by molar-refractivity contribution is 0.0842. The predicted molar refractivity (Wildman–Crippen MR) is 69.5 cm³/mol. The van der Waals surface area contributed by atoms with Gasteiger partial charge in [0.25, 0.3) is 11.5 Å². The Labute approximate surface area is 106 Å². The number of hydrogen-bond acceptors (Lipinski definition) is 3. The summed E-state index contributed by atoms with van der Waals surface area (Å²) in [7, 11) is 1.54.